The van der Waals surface area contributed by atoms with Crippen LogP contribution in [0.15, 0.2) is 60.7 Å². The number of hydrogen-bond acceptors (Lipinski definition) is 4. The van der Waals surface area contributed by atoms with Crippen molar-refractivity contribution < 1.29 is 13.6 Å². The van der Waals surface area contributed by atoms with Crippen molar-refractivity contribution in [3.63, 3.8) is 0 Å². The number of nitrogens with one attached hydrogen (secondary N) is 1. The molecule has 1 atom stereocenters. The third kappa shape index (κ3) is 4.56. The van der Waals surface area contributed by atoms with E-state index in [0.29, 0.717) is 23.7 Å². The van der Waals surface area contributed by atoms with Crippen molar-refractivity contribution in [2.24, 2.45) is 5.92 Å². The van der Waals surface area contributed by atoms with Crippen molar-refractivity contribution in [3.8, 4) is 11.3 Å². The van der Waals surface area contributed by atoms with E-state index in [-0.39, 0.29) is 23.5 Å². The maximum absolute atomic E-state index is 13.3. The second kappa shape index (κ2) is 8.34. The Balaban J connectivity index is 1.42. The van der Waals surface area contributed by atoms with Gasteiger partial charge in [-0.3, -0.25) is 4.79 Å². The Bertz CT molecular complexity index is 992. The van der Waals surface area contributed by atoms with Gasteiger partial charge in [0.15, 0.2) is 5.82 Å². The highest BCUT2D eigenvalue weighted by Crippen LogP contribution is 2.24. The Morgan fingerprint density at radius 3 is 2.55 bits per heavy atom. The van der Waals surface area contributed by atoms with Crippen molar-refractivity contribution in [2.45, 2.75) is 12.8 Å². The summed E-state index contributed by atoms with van der Waals surface area (Å²) in [4.78, 5) is 14.6. The van der Waals surface area contributed by atoms with Gasteiger partial charge in [-0.1, -0.05) is 6.07 Å². The molecule has 0 bridgehead atoms. The first kappa shape index (κ1) is 19.0. The fourth-order valence-electron chi connectivity index (χ4n) is 3.48. The molecule has 3 aromatic rings. The van der Waals surface area contributed by atoms with Crippen LogP contribution < -0.4 is 10.2 Å². The number of carbonyl (C=O) groups excluding carboxylic acids is 1. The molecule has 4 rings (SSSR count). The van der Waals surface area contributed by atoms with Crippen molar-refractivity contribution in [3.05, 3.63) is 72.3 Å². The quantitative estimate of drug-likeness (QED) is 0.718. The Hall–Kier alpha value is -3.35. The van der Waals surface area contributed by atoms with Crippen molar-refractivity contribution in [1.29, 1.82) is 0 Å². The fraction of sp³-hybridized carbons (Fsp3) is 0.227. The minimum atomic E-state index is -0.385. The molecule has 1 fully saturated rings. The highest BCUT2D eigenvalue weighted by Gasteiger charge is 2.27. The fourth-order valence-corrected chi connectivity index (χ4v) is 3.48. The lowest BCUT2D eigenvalue weighted by molar-refractivity contribution is -0.120. The van der Waals surface area contributed by atoms with Crippen LogP contribution in [0.4, 0.5) is 20.3 Å². The first-order chi connectivity index (χ1) is 14.1. The summed E-state index contributed by atoms with van der Waals surface area (Å²) in [5, 5.41) is 11.3. The molecule has 0 saturated carbocycles. The van der Waals surface area contributed by atoms with Crippen LogP contribution in [0.1, 0.15) is 12.8 Å². The molecular weight excluding hydrogens is 374 g/mol. The second-order valence-electron chi connectivity index (χ2n) is 7.07. The van der Waals surface area contributed by atoms with Crippen LogP contribution in [0.2, 0.25) is 0 Å². The molecule has 0 radical (unpaired) electrons. The monoisotopic (exact) mass is 394 g/mol. The number of nitrogens with zero attached hydrogens (tertiary/aromatic N) is 3. The smallest absolute Gasteiger partial charge is 0.229 e. The Morgan fingerprint density at radius 2 is 1.83 bits per heavy atom. The van der Waals surface area contributed by atoms with E-state index in [1.54, 1.807) is 24.3 Å². The van der Waals surface area contributed by atoms with Gasteiger partial charge in [-0.15, -0.1) is 10.2 Å². The lowest BCUT2D eigenvalue weighted by Gasteiger charge is -2.32. The predicted octanol–water partition coefficient (Wildman–Crippen LogP) is 4.28. The summed E-state index contributed by atoms with van der Waals surface area (Å²) in [5.74, 6) is -0.334. The molecule has 1 saturated heterocycles. The molecule has 148 valence electrons. The van der Waals surface area contributed by atoms with E-state index in [2.05, 4.69) is 15.5 Å². The van der Waals surface area contributed by atoms with Crippen molar-refractivity contribution >= 4 is 17.4 Å². The zero-order valence-electron chi connectivity index (χ0n) is 15.7. The van der Waals surface area contributed by atoms with Crippen LogP contribution in [-0.2, 0) is 4.79 Å². The molecule has 1 aliphatic heterocycles. The number of aromatic nitrogens is 2. The molecule has 2 heterocycles. The number of benzene rings is 2. The number of rotatable bonds is 4. The lowest BCUT2D eigenvalue weighted by atomic mass is 9.97. The molecule has 1 amide bonds. The molecule has 29 heavy (non-hydrogen) atoms. The van der Waals surface area contributed by atoms with Gasteiger partial charge in [-0.05, 0) is 67.4 Å². The average molecular weight is 394 g/mol. The van der Waals surface area contributed by atoms with Crippen LogP contribution >= 0.6 is 0 Å². The van der Waals surface area contributed by atoms with Crippen molar-refractivity contribution in [2.75, 3.05) is 23.3 Å². The topological polar surface area (TPSA) is 58.1 Å². The average Bonchev–Trinajstić information content (AvgIpc) is 2.74. The SMILES string of the molecule is O=C(Nc1cccc(F)c1)C1CCCN(c2ccc(-c3ccc(F)cc3)nn2)C1. The Kier molecular flexibility index (Phi) is 5.46. The van der Waals surface area contributed by atoms with Gasteiger partial charge in [0.05, 0.1) is 11.6 Å². The van der Waals surface area contributed by atoms with E-state index in [1.807, 2.05) is 17.0 Å². The first-order valence-electron chi connectivity index (χ1n) is 9.49. The summed E-state index contributed by atoms with van der Waals surface area (Å²) >= 11 is 0. The Labute approximate surface area is 167 Å². The number of anilines is 2. The van der Waals surface area contributed by atoms with Gasteiger partial charge >= 0.3 is 0 Å². The molecule has 7 heteroatoms. The highest BCUT2D eigenvalue weighted by atomic mass is 19.1. The largest absolute Gasteiger partial charge is 0.354 e. The van der Waals surface area contributed by atoms with Gasteiger partial charge in [-0.25, -0.2) is 8.78 Å². The second-order valence-corrected chi connectivity index (χ2v) is 7.07. The molecule has 1 N–H and O–H groups in total. The number of hydrogen-bond donors (Lipinski definition) is 1. The summed E-state index contributed by atoms with van der Waals surface area (Å²) in [6, 6.07) is 15.7. The lowest BCUT2D eigenvalue weighted by Crippen LogP contribution is -2.41. The maximum Gasteiger partial charge on any atom is 0.229 e. The summed E-state index contributed by atoms with van der Waals surface area (Å²) in [6.45, 7) is 1.31. The van der Waals surface area contributed by atoms with Gasteiger partial charge in [0.2, 0.25) is 5.91 Å². The summed E-state index contributed by atoms with van der Waals surface area (Å²) in [5.41, 5.74) is 1.90. The van der Waals surface area contributed by atoms with Crippen molar-refractivity contribution in [1.82, 2.24) is 10.2 Å². The number of carbonyl (C=O) groups is 1. The minimum Gasteiger partial charge on any atom is -0.354 e. The number of piperidine rings is 1. The molecule has 5 nitrogen and oxygen atoms in total. The Morgan fingerprint density at radius 1 is 1.00 bits per heavy atom. The highest BCUT2D eigenvalue weighted by molar-refractivity contribution is 5.93. The van der Waals surface area contributed by atoms with E-state index >= 15 is 0 Å². The van der Waals surface area contributed by atoms with Crippen LogP contribution in [0, 0.1) is 17.6 Å². The van der Waals surface area contributed by atoms with Gasteiger partial charge in [-0.2, -0.15) is 0 Å². The van der Waals surface area contributed by atoms with Crippen LogP contribution in [0.25, 0.3) is 11.3 Å². The molecule has 2 aromatic carbocycles. The van der Waals surface area contributed by atoms with Gasteiger partial charge in [0.1, 0.15) is 11.6 Å². The molecule has 1 unspecified atom stereocenters. The summed E-state index contributed by atoms with van der Waals surface area (Å²) in [7, 11) is 0. The maximum atomic E-state index is 13.3. The third-order valence-electron chi connectivity index (χ3n) is 5.00. The normalized spacial score (nSPS) is 16.5. The third-order valence-corrected chi connectivity index (χ3v) is 5.00. The summed E-state index contributed by atoms with van der Waals surface area (Å²) in [6.07, 6.45) is 1.61. The number of halogens is 2. The zero-order chi connectivity index (χ0) is 20.2. The predicted molar refractivity (Wildman–Crippen MR) is 107 cm³/mol. The van der Waals surface area contributed by atoms with Gasteiger partial charge in [0.25, 0.3) is 0 Å². The van der Waals surface area contributed by atoms with E-state index in [4.69, 9.17) is 0 Å². The molecule has 0 spiro atoms. The van der Waals surface area contributed by atoms with Gasteiger partial charge < -0.3 is 10.2 Å². The first-order valence-corrected chi connectivity index (χ1v) is 9.49. The van der Waals surface area contributed by atoms with E-state index < -0.39 is 0 Å². The molecular formula is C22H20F2N4O. The van der Waals surface area contributed by atoms with Crippen LogP contribution in [0.5, 0.6) is 0 Å². The van der Waals surface area contributed by atoms with E-state index in [0.717, 1.165) is 24.9 Å². The zero-order valence-corrected chi connectivity index (χ0v) is 15.7. The molecule has 1 aromatic heterocycles. The van der Waals surface area contributed by atoms with E-state index in [1.165, 1.54) is 24.3 Å². The van der Waals surface area contributed by atoms with Crippen LogP contribution in [0.3, 0.4) is 0 Å². The number of amides is 1. The standard InChI is InChI=1S/C22H20F2N4O/c23-17-8-6-15(7-9-17)20-10-11-21(27-26-20)28-12-2-3-16(14-28)22(29)25-19-5-1-4-18(24)13-19/h1,4-11,13,16H,2-3,12,14H2,(H,25,29). The molecule has 0 aliphatic carbocycles. The minimum absolute atomic E-state index is 0.129. The van der Waals surface area contributed by atoms with Gasteiger partial charge in [0, 0.05) is 24.3 Å². The summed E-state index contributed by atoms with van der Waals surface area (Å²) < 4.78 is 26.4. The van der Waals surface area contributed by atoms with Crippen LogP contribution in [-0.4, -0.2) is 29.2 Å². The van der Waals surface area contributed by atoms with E-state index in [9.17, 15) is 13.6 Å². The molecule has 1 aliphatic rings.